The number of rotatable bonds is 7. The molecule has 1 aromatic carbocycles. The molecular weight excluding hydrogens is 372 g/mol. The lowest BCUT2D eigenvalue weighted by atomic mass is 10.1. The lowest BCUT2D eigenvalue weighted by Gasteiger charge is -2.09. The highest BCUT2D eigenvalue weighted by Gasteiger charge is 2.16. The van der Waals surface area contributed by atoms with Crippen molar-refractivity contribution in [3.05, 3.63) is 36.0 Å². The first-order valence-corrected chi connectivity index (χ1v) is 9.87. The smallest absolute Gasteiger partial charge is 0.279 e. The van der Waals surface area contributed by atoms with E-state index in [0.29, 0.717) is 10.9 Å². The molecule has 0 spiro atoms. The molecule has 0 aliphatic carbocycles. The first-order valence-electron chi connectivity index (χ1n) is 8.06. The molecule has 3 aromatic rings. The molecule has 9 heteroatoms. The van der Waals surface area contributed by atoms with Crippen LogP contribution in [0.4, 0.5) is 5.13 Å². The standard InChI is InChI=1S/C17H18N4O3S2/c1-4-25-17-20-19-16(26-17)18-15(22)13-9-14(24-21-13)11-5-7-12(8-6-11)23-10(2)3/h5-10H,4H2,1-3H3,(H,18,19,22). The van der Waals surface area contributed by atoms with Crippen LogP contribution in [0.15, 0.2) is 39.2 Å². The monoisotopic (exact) mass is 390 g/mol. The lowest BCUT2D eigenvalue weighted by Crippen LogP contribution is -2.11. The average molecular weight is 390 g/mol. The van der Waals surface area contributed by atoms with Crippen molar-refractivity contribution in [1.29, 1.82) is 0 Å². The van der Waals surface area contributed by atoms with Crippen molar-refractivity contribution in [2.45, 2.75) is 31.2 Å². The number of hydrogen-bond acceptors (Lipinski definition) is 8. The van der Waals surface area contributed by atoms with Gasteiger partial charge in [-0.25, -0.2) is 0 Å². The van der Waals surface area contributed by atoms with Crippen molar-refractivity contribution in [2.75, 3.05) is 11.1 Å². The predicted molar refractivity (Wildman–Crippen MR) is 102 cm³/mol. The molecule has 1 N–H and O–H groups in total. The molecule has 26 heavy (non-hydrogen) atoms. The third-order valence-corrected chi connectivity index (χ3v) is 5.00. The lowest BCUT2D eigenvalue weighted by molar-refractivity contribution is 0.101. The Morgan fingerprint density at radius 2 is 2.08 bits per heavy atom. The zero-order chi connectivity index (χ0) is 18.5. The third kappa shape index (κ3) is 4.61. The van der Waals surface area contributed by atoms with Crippen molar-refractivity contribution in [2.24, 2.45) is 0 Å². The molecular formula is C17H18N4O3S2. The van der Waals surface area contributed by atoms with Crippen LogP contribution in [0.25, 0.3) is 11.3 Å². The number of thioether (sulfide) groups is 1. The number of amides is 1. The van der Waals surface area contributed by atoms with Crippen LogP contribution in [0.5, 0.6) is 5.75 Å². The number of anilines is 1. The van der Waals surface area contributed by atoms with Crippen LogP contribution in [0, 0.1) is 0 Å². The van der Waals surface area contributed by atoms with Crippen molar-refractivity contribution in [1.82, 2.24) is 15.4 Å². The van der Waals surface area contributed by atoms with E-state index in [2.05, 4.69) is 20.7 Å². The number of ether oxygens (including phenoxy) is 1. The molecule has 0 radical (unpaired) electrons. The topological polar surface area (TPSA) is 90.1 Å². The second-order valence-electron chi connectivity index (χ2n) is 5.53. The van der Waals surface area contributed by atoms with Crippen LogP contribution < -0.4 is 10.1 Å². The van der Waals surface area contributed by atoms with E-state index in [9.17, 15) is 4.79 Å². The van der Waals surface area contributed by atoms with Gasteiger partial charge in [-0.15, -0.1) is 10.2 Å². The van der Waals surface area contributed by atoms with Gasteiger partial charge in [0.2, 0.25) is 5.13 Å². The summed E-state index contributed by atoms with van der Waals surface area (Å²) < 4.78 is 11.7. The van der Waals surface area contributed by atoms with Gasteiger partial charge in [0.05, 0.1) is 6.10 Å². The number of carbonyl (C=O) groups is 1. The van der Waals surface area contributed by atoms with Crippen LogP contribution >= 0.6 is 23.1 Å². The summed E-state index contributed by atoms with van der Waals surface area (Å²) in [6, 6.07) is 9.02. The quantitative estimate of drug-likeness (QED) is 0.474. The summed E-state index contributed by atoms with van der Waals surface area (Å²) in [6.07, 6.45) is 0.109. The van der Waals surface area contributed by atoms with Crippen molar-refractivity contribution in [3.8, 4) is 17.1 Å². The van der Waals surface area contributed by atoms with Crippen molar-refractivity contribution >= 4 is 34.1 Å². The van der Waals surface area contributed by atoms with Gasteiger partial charge in [0.1, 0.15) is 5.75 Å². The summed E-state index contributed by atoms with van der Waals surface area (Å²) in [5.74, 6) is 1.80. The minimum atomic E-state index is -0.385. The summed E-state index contributed by atoms with van der Waals surface area (Å²) in [5.41, 5.74) is 0.993. The predicted octanol–water partition coefficient (Wildman–Crippen LogP) is 4.34. The second kappa shape index (κ2) is 8.33. The Morgan fingerprint density at radius 1 is 1.31 bits per heavy atom. The van der Waals surface area contributed by atoms with Gasteiger partial charge in [-0.1, -0.05) is 35.2 Å². The fourth-order valence-electron chi connectivity index (χ4n) is 2.09. The summed E-state index contributed by atoms with van der Waals surface area (Å²) >= 11 is 2.90. The molecule has 0 fully saturated rings. The number of nitrogens with zero attached hydrogens (tertiary/aromatic N) is 3. The van der Waals surface area contributed by atoms with Gasteiger partial charge in [0, 0.05) is 11.6 Å². The molecule has 3 rings (SSSR count). The molecule has 2 aromatic heterocycles. The Bertz CT molecular complexity index is 874. The maximum Gasteiger partial charge on any atom is 0.279 e. The van der Waals surface area contributed by atoms with Crippen molar-refractivity contribution in [3.63, 3.8) is 0 Å². The summed E-state index contributed by atoms with van der Waals surface area (Å²) in [5, 5.41) is 14.9. The number of nitrogens with one attached hydrogen (secondary N) is 1. The molecule has 0 aliphatic heterocycles. The van der Waals surface area contributed by atoms with Crippen molar-refractivity contribution < 1.29 is 14.1 Å². The van der Waals surface area contributed by atoms with E-state index < -0.39 is 0 Å². The second-order valence-corrected chi connectivity index (χ2v) is 8.02. The van der Waals surface area contributed by atoms with Crippen LogP contribution in [0.1, 0.15) is 31.3 Å². The molecule has 0 atom stereocenters. The number of hydrogen-bond donors (Lipinski definition) is 1. The first kappa shape index (κ1) is 18.4. The highest BCUT2D eigenvalue weighted by molar-refractivity contribution is 8.01. The summed E-state index contributed by atoms with van der Waals surface area (Å²) in [4.78, 5) is 12.3. The molecule has 7 nitrogen and oxygen atoms in total. The fraction of sp³-hybridized carbons (Fsp3) is 0.294. The maximum atomic E-state index is 12.3. The van der Waals surface area contributed by atoms with Gasteiger partial charge >= 0.3 is 0 Å². The first-order chi connectivity index (χ1) is 12.5. The Morgan fingerprint density at radius 3 is 2.77 bits per heavy atom. The molecule has 0 bridgehead atoms. The Balaban J connectivity index is 1.67. The van der Waals surface area contributed by atoms with E-state index in [4.69, 9.17) is 9.26 Å². The van der Waals surface area contributed by atoms with Gasteiger partial charge in [-0.05, 0) is 43.9 Å². The number of benzene rings is 1. The minimum Gasteiger partial charge on any atom is -0.491 e. The summed E-state index contributed by atoms with van der Waals surface area (Å²) in [6.45, 7) is 5.97. The van der Waals surface area contributed by atoms with E-state index >= 15 is 0 Å². The highest BCUT2D eigenvalue weighted by Crippen LogP contribution is 2.26. The molecule has 0 saturated carbocycles. The maximum absolute atomic E-state index is 12.3. The fourth-order valence-corrected chi connectivity index (χ4v) is 3.74. The SMILES string of the molecule is CCSc1nnc(NC(=O)c2cc(-c3ccc(OC(C)C)cc3)on2)s1. The zero-order valence-corrected chi connectivity index (χ0v) is 16.2. The van der Waals surface area contributed by atoms with Crippen LogP contribution in [-0.2, 0) is 0 Å². The Labute approximate surface area is 159 Å². The average Bonchev–Trinajstić information content (AvgIpc) is 3.25. The van der Waals surface area contributed by atoms with Crippen LogP contribution in [-0.4, -0.2) is 33.1 Å². The van der Waals surface area contributed by atoms with Gasteiger partial charge < -0.3 is 9.26 Å². The largest absolute Gasteiger partial charge is 0.491 e. The van der Waals surface area contributed by atoms with Crippen LogP contribution in [0.2, 0.25) is 0 Å². The van der Waals surface area contributed by atoms with Gasteiger partial charge in [-0.3, -0.25) is 10.1 Å². The number of aromatic nitrogens is 3. The normalized spacial score (nSPS) is 10.9. The molecule has 0 aliphatic rings. The molecule has 0 saturated heterocycles. The summed E-state index contributed by atoms with van der Waals surface area (Å²) in [7, 11) is 0. The number of carbonyl (C=O) groups excluding carboxylic acids is 1. The van der Waals surface area contributed by atoms with Gasteiger partial charge in [-0.2, -0.15) is 0 Å². The third-order valence-electron chi connectivity index (χ3n) is 3.15. The molecule has 0 unspecified atom stereocenters. The Kier molecular flexibility index (Phi) is 5.89. The van der Waals surface area contributed by atoms with E-state index in [1.807, 2.05) is 45.0 Å². The van der Waals surface area contributed by atoms with E-state index in [1.165, 1.54) is 11.3 Å². The van der Waals surface area contributed by atoms with E-state index in [-0.39, 0.29) is 17.7 Å². The minimum absolute atomic E-state index is 0.109. The molecule has 1 amide bonds. The molecule has 136 valence electrons. The van der Waals surface area contributed by atoms with Crippen LogP contribution in [0.3, 0.4) is 0 Å². The Hall–Kier alpha value is -2.39. The van der Waals surface area contributed by atoms with E-state index in [0.717, 1.165) is 21.4 Å². The zero-order valence-electron chi connectivity index (χ0n) is 14.6. The van der Waals surface area contributed by atoms with E-state index in [1.54, 1.807) is 17.8 Å². The highest BCUT2D eigenvalue weighted by atomic mass is 32.2. The molecule has 2 heterocycles. The van der Waals surface area contributed by atoms with Gasteiger partial charge in [0.25, 0.3) is 5.91 Å². The van der Waals surface area contributed by atoms with Gasteiger partial charge in [0.15, 0.2) is 15.8 Å².